The molecule has 0 aliphatic carbocycles. The van der Waals surface area contributed by atoms with Crippen molar-refractivity contribution in [2.75, 3.05) is 18.5 Å². The summed E-state index contributed by atoms with van der Waals surface area (Å²) in [5, 5.41) is 5.00. The summed E-state index contributed by atoms with van der Waals surface area (Å²) in [6, 6.07) is 8.36. The van der Waals surface area contributed by atoms with Gasteiger partial charge in [0.1, 0.15) is 5.76 Å². The van der Waals surface area contributed by atoms with Crippen molar-refractivity contribution in [3.63, 3.8) is 0 Å². The Bertz CT molecular complexity index is 682. The molecule has 7 nitrogen and oxygen atoms in total. The number of hydrogen-bond donors (Lipinski definition) is 2. The molecule has 0 saturated carbocycles. The van der Waals surface area contributed by atoms with Gasteiger partial charge in [-0.05, 0) is 38.1 Å². The summed E-state index contributed by atoms with van der Waals surface area (Å²) >= 11 is 0. The normalized spacial score (nSPS) is 10.1. The molecule has 1 aromatic heterocycles. The van der Waals surface area contributed by atoms with Crippen molar-refractivity contribution in [2.24, 2.45) is 0 Å². The first-order valence-corrected chi connectivity index (χ1v) is 7.65. The third-order valence-electron chi connectivity index (χ3n) is 3.01. The molecule has 2 aromatic rings. The molecule has 2 rings (SSSR count). The molecule has 0 unspecified atom stereocenters. The van der Waals surface area contributed by atoms with Gasteiger partial charge < -0.3 is 24.5 Å². The first-order chi connectivity index (χ1) is 11.6. The van der Waals surface area contributed by atoms with Crippen LogP contribution in [0.1, 0.15) is 19.6 Å². The summed E-state index contributed by atoms with van der Waals surface area (Å²) in [6.07, 6.45) is 1.50. The van der Waals surface area contributed by atoms with Crippen LogP contribution >= 0.6 is 0 Å². The van der Waals surface area contributed by atoms with E-state index in [2.05, 4.69) is 10.6 Å². The summed E-state index contributed by atoms with van der Waals surface area (Å²) in [7, 11) is 0. The van der Waals surface area contributed by atoms with Crippen molar-refractivity contribution in [3.05, 3.63) is 42.4 Å². The number of rotatable bonds is 7. The van der Waals surface area contributed by atoms with Crippen LogP contribution in [0.3, 0.4) is 0 Å². The molecular weight excluding hydrogens is 312 g/mol. The molecule has 0 radical (unpaired) electrons. The topological polar surface area (TPSA) is 89.8 Å². The SMILES string of the molecule is CCOc1ccc(NC(=O)C(=O)NCc2ccco2)cc1OCC. The fourth-order valence-corrected chi connectivity index (χ4v) is 1.98. The number of ether oxygens (including phenoxy) is 2. The number of anilines is 1. The molecule has 0 spiro atoms. The van der Waals surface area contributed by atoms with Crippen LogP contribution in [-0.2, 0) is 16.1 Å². The van der Waals surface area contributed by atoms with Crippen molar-refractivity contribution in [3.8, 4) is 11.5 Å². The molecule has 0 aliphatic rings. The number of carbonyl (C=O) groups is 2. The zero-order valence-electron chi connectivity index (χ0n) is 13.6. The zero-order valence-corrected chi connectivity index (χ0v) is 13.6. The second-order valence-electron chi connectivity index (χ2n) is 4.74. The lowest BCUT2D eigenvalue weighted by atomic mass is 10.2. The predicted molar refractivity (Wildman–Crippen MR) is 88.0 cm³/mol. The van der Waals surface area contributed by atoms with E-state index in [0.29, 0.717) is 36.2 Å². The quantitative estimate of drug-likeness (QED) is 0.760. The third-order valence-corrected chi connectivity index (χ3v) is 3.01. The largest absolute Gasteiger partial charge is 0.490 e. The monoisotopic (exact) mass is 332 g/mol. The number of carbonyl (C=O) groups excluding carboxylic acids is 2. The number of hydrogen-bond acceptors (Lipinski definition) is 5. The maximum Gasteiger partial charge on any atom is 0.313 e. The van der Waals surface area contributed by atoms with Gasteiger partial charge in [-0.1, -0.05) is 0 Å². The van der Waals surface area contributed by atoms with Crippen LogP contribution in [0.5, 0.6) is 11.5 Å². The smallest absolute Gasteiger partial charge is 0.313 e. The summed E-state index contributed by atoms with van der Waals surface area (Å²) in [4.78, 5) is 23.7. The second kappa shape index (κ2) is 8.61. The second-order valence-corrected chi connectivity index (χ2v) is 4.74. The van der Waals surface area contributed by atoms with Crippen LogP contribution in [0.15, 0.2) is 41.0 Å². The number of furan rings is 1. The van der Waals surface area contributed by atoms with Crippen molar-refractivity contribution >= 4 is 17.5 Å². The Balaban J connectivity index is 1.97. The van der Waals surface area contributed by atoms with E-state index in [1.165, 1.54) is 6.26 Å². The zero-order chi connectivity index (χ0) is 17.4. The van der Waals surface area contributed by atoms with Crippen LogP contribution in [0, 0.1) is 0 Å². The molecule has 7 heteroatoms. The molecule has 1 heterocycles. The molecule has 2 amide bonds. The molecule has 0 atom stereocenters. The predicted octanol–water partition coefficient (Wildman–Crippen LogP) is 2.33. The van der Waals surface area contributed by atoms with E-state index in [9.17, 15) is 9.59 Å². The van der Waals surface area contributed by atoms with Crippen molar-refractivity contribution in [2.45, 2.75) is 20.4 Å². The van der Waals surface area contributed by atoms with Gasteiger partial charge in [0.05, 0.1) is 26.0 Å². The molecule has 0 aliphatic heterocycles. The average Bonchev–Trinajstić information content (AvgIpc) is 3.09. The number of nitrogens with one attached hydrogen (secondary N) is 2. The fourth-order valence-electron chi connectivity index (χ4n) is 1.98. The molecule has 24 heavy (non-hydrogen) atoms. The van der Waals surface area contributed by atoms with Gasteiger partial charge in [0.25, 0.3) is 0 Å². The highest BCUT2D eigenvalue weighted by atomic mass is 16.5. The van der Waals surface area contributed by atoms with Gasteiger partial charge >= 0.3 is 11.8 Å². The lowest BCUT2D eigenvalue weighted by molar-refractivity contribution is -0.136. The maximum atomic E-state index is 11.9. The number of amides is 2. The summed E-state index contributed by atoms with van der Waals surface area (Å²) in [5.74, 6) is 0.134. The van der Waals surface area contributed by atoms with E-state index < -0.39 is 11.8 Å². The highest BCUT2D eigenvalue weighted by Gasteiger charge is 2.15. The van der Waals surface area contributed by atoms with Crippen LogP contribution in [-0.4, -0.2) is 25.0 Å². The first-order valence-electron chi connectivity index (χ1n) is 7.65. The molecule has 0 fully saturated rings. The third kappa shape index (κ3) is 4.77. The van der Waals surface area contributed by atoms with Crippen molar-refractivity contribution < 1.29 is 23.5 Å². The van der Waals surface area contributed by atoms with Gasteiger partial charge in [0.2, 0.25) is 0 Å². The van der Waals surface area contributed by atoms with Gasteiger partial charge in [-0.25, -0.2) is 0 Å². The molecule has 0 saturated heterocycles. The van der Waals surface area contributed by atoms with Gasteiger partial charge in [-0.2, -0.15) is 0 Å². The van der Waals surface area contributed by atoms with E-state index in [-0.39, 0.29) is 6.54 Å². The van der Waals surface area contributed by atoms with E-state index in [1.807, 2.05) is 13.8 Å². The first kappa shape index (κ1) is 17.4. The molecule has 0 bridgehead atoms. The molecule has 1 aromatic carbocycles. The van der Waals surface area contributed by atoms with Crippen LogP contribution in [0.2, 0.25) is 0 Å². The van der Waals surface area contributed by atoms with Crippen LogP contribution < -0.4 is 20.1 Å². The van der Waals surface area contributed by atoms with E-state index >= 15 is 0 Å². The minimum Gasteiger partial charge on any atom is -0.490 e. The van der Waals surface area contributed by atoms with Gasteiger partial charge in [0.15, 0.2) is 11.5 Å². The van der Waals surface area contributed by atoms with Crippen molar-refractivity contribution in [1.82, 2.24) is 5.32 Å². The summed E-state index contributed by atoms with van der Waals surface area (Å²) in [6.45, 7) is 4.83. The van der Waals surface area contributed by atoms with Gasteiger partial charge in [-0.3, -0.25) is 9.59 Å². The fraction of sp³-hybridized carbons (Fsp3) is 0.294. The molecule has 128 valence electrons. The Hall–Kier alpha value is -2.96. The molecular formula is C17H20N2O5. The Labute approximate surface area is 139 Å². The number of benzene rings is 1. The molecule has 2 N–H and O–H groups in total. The van der Waals surface area contributed by atoms with E-state index in [4.69, 9.17) is 13.9 Å². The minimum absolute atomic E-state index is 0.146. The Morgan fingerprint density at radius 2 is 1.79 bits per heavy atom. The van der Waals surface area contributed by atoms with Gasteiger partial charge in [-0.15, -0.1) is 0 Å². The summed E-state index contributed by atoms with van der Waals surface area (Å²) in [5.41, 5.74) is 0.444. The van der Waals surface area contributed by atoms with Crippen molar-refractivity contribution in [1.29, 1.82) is 0 Å². The van der Waals surface area contributed by atoms with Crippen LogP contribution in [0.4, 0.5) is 5.69 Å². The Kier molecular flexibility index (Phi) is 6.24. The summed E-state index contributed by atoms with van der Waals surface area (Å²) < 4.78 is 16.0. The highest BCUT2D eigenvalue weighted by Crippen LogP contribution is 2.30. The standard InChI is InChI=1S/C17H20N2O5/c1-3-22-14-8-7-12(10-15(14)23-4-2)19-17(21)16(20)18-11-13-6-5-9-24-13/h5-10H,3-4,11H2,1-2H3,(H,18,20)(H,19,21). The lowest BCUT2D eigenvalue weighted by Gasteiger charge is -2.13. The van der Waals surface area contributed by atoms with E-state index in [0.717, 1.165) is 0 Å². The lowest BCUT2D eigenvalue weighted by Crippen LogP contribution is -2.34. The Morgan fingerprint density at radius 1 is 1.04 bits per heavy atom. The van der Waals surface area contributed by atoms with E-state index in [1.54, 1.807) is 30.3 Å². The maximum absolute atomic E-state index is 11.9. The average molecular weight is 332 g/mol. The Morgan fingerprint density at radius 3 is 2.46 bits per heavy atom. The minimum atomic E-state index is -0.770. The highest BCUT2D eigenvalue weighted by molar-refractivity contribution is 6.39. The van der Waals surface area contributed by atoms with Gasteiger partial charge in [0, 0.05) is 11.8 Å². The van der Waals surface area contributed by atoms with Crippen LogP contribution in [0.25, 0.3) is 0 Å².